The number of nitrogens with one attached hydrogen (secondary N) is 2. The Hall–Kier alpha value is -6.46. The second-order valence-electron chi connectivity index (χ2n) is 11.4. The molecule has 0 fully saturated rings. The van der Waals surface area contributed by atoms with Crippen LogP contribution in [0, 0.1) is 5.41 Å². The predicted octanol–water partition coefficient (Wildman–Crippen LogP) is 10.2. The summed E-state index contributed by atoms with van der Waals surface area (Å²) in [4.78, 5) is 10.2. The van der Waals surface area contributed by atoms with Crippen LogP contribution < -0.4 is 5.43 Å². The fraction of sp³-hybridized carbons (Fsp3) is 0. The van der Waals surface area contributed by atoms with Gasteiger partial charge < -0.3 is 0 Å². The maximum atomic E-state index is 8.77. The lowest BCUT2D eigenvalue weighted by Crippen LogP contribution is -2.19. The Morgan fingerprint density at radius 3 is 1.77 bits per heavy atom. The van der Waals surface area contributed by atoms with Crippen LogP contribution in [0.5, 0.6) is 0 Å². The summed E-state index contributed by atoms with van der Waals surface area (Å²) in [7, 11) is 0. The van der Waals surface area contributed by atoms with Crippen LogP contribution in [-0.4, -0.2) is 21.4 Å². The van der Waals surface area contributed by atoms with E-state index in [1.54, 1.807) is 6.08 Å². The Labute approximate surface area is 273 Å². The Morgan fingerprint density at radius 2 is 1.06 bits per heavy atom. The smallest absolute Gasteiger partial charge is 0.160 e. The topological polar surface area (TPSA) is 74.0 Å². The van der Waals surface area contributed by atoms with E-state index in [-0.39, 0.29) is 0 Å². The number of para-hydroxylation sites is 1. The first-order valence-corrected chi connectivity index (χ1v) is 15.5. The lowest BCUT2D eigenvalue weighted by Gasteiger charge is -2.18. The zero-order chi connectivity index (χ0) is 31.6. The molecule has 1 heterocycles. The molecule has 7 aromatic rings. The van der Waals surface area contributed by atoms with Crippen LogP contribution >= 0.6 is 0 Å². The molecule has 1 aliphatic rings. The minimum absolute atomic E-state index is 0.349. The molecular formula is C42H29N5. The van der Waals surface area contributed by atoms with E-state index in [0.717, 1.165) is 61.2 Å². The van der Waals surface area contributed by atoms with E-state index in [4.69, 9.17) is 20.5 Å². The van der Waals surface area contributed by atoms with Crippen LogP contribution in [0.1, 0.15) is 11.1 Å². The van der Waals surface area contributed by atoms with Gasteiger partial charge in [0.2, 0.25) is 0 Å². The molecule has 1 aliphatic carbocycles. The van der Waals surface area contributed by atoms with Gasteiger partial charge in [0.05, 0.1) is 22.8 Å². The van der Waals surface area contributed by atoms with Gasteiger partial charge in [-0.25, -0.2) is 9.97 Å². The predicted molar refractivity (Wildman–Crippen MR) is 195 cm³/mol. The molecule has 0 amide bonds. The summed E-state index contributed by atoms with van der Waals surface area (Å²) in [6.07, 6.45) is 3.78. The summed E-state index contributed by atoms with van der Waals surface area (Å²) in [5.41, 5.74) is 13.8. The van der Waals surface area contributed by atoms with Crippen molar-refractivity contribution in [2.24, 2.45) is 5.10 Å². The van der Waals surface area contributed by atoms with Gasteiger partial charge in [0.15, 0.2) is 5.82 Å². The minimum Gasteiger partial charge on any atom is -0.299 e. The number of rotatable bonds is 6. The van der Waals surface area contributed by atoms with Crippen LogP contribution in [0.15, 0.2) is 163 Å². The molecule has 6 aromatic carbocycles. The molecule has 222 valence electrons. The SMILES string of the molecule is N=C1C=Cc2ccc3ccc(-c4nc(-c5ccccc5)cc(-c5ccc(-c6ccccc6)cc5)n4)cc3c2/C1=N/Nc1ccccc1. The number of anilines is 1. The first kappa shape index (κ1) is 28.0. The van der Waals surface area contributed by atoms with Crippen molar-refractivity contribution in [3.8, 4) is 45.0 Å². The fourth-order valence-electron chi connectivity index (χ4n) is 5.96. The molecule has 5 heteroatoms. The van der Waals surface area contributed by atoms with Crippen molar-refractivity contribution in [2.45, 2.75) is 0 Å². The highest BCUT2D eigenvalue weighted by molar-refractivity contribution is 6.55. The number of hydrogen-bond donors (Lipinski definition) is 2. The second kappa shape index (κ2) is 12.1. The monoisotopic (exact) mass is 603 g/mol. The molecular weight excluding hydrogens is 574 g/mol. The van der Waals surface area contributed by atoms with Gasteiger partial charge in [-0.1, -0.05) is 133 Å². The van der Waals surface area contributed by atoms with Gasteiger partial charge in [-0.05, 0) is 57.8 Å². The van der Waals surface area contributed by atoms with Gasteiger partial charge in [0.25, 0.3) is 0 Å². The van der Waals surface area contributed by atoms with E-state index in [2.05, 4.69) is 102 Å². The third kappa shape index (κ3) is 5.62. The molecule has 0 saturated heterocycles. The van der Waals surface area contributed by atoms with E-state index < -0.39 is 0 Å². The number of nitrogens with zero attached hydrogens (tertiary/aromatic N) is 3. The average molecular weight is 604 g/mol. The van der Waals surface area contributed by atoms with Gasteiger partial charge in [0.1, 0.15) is 5.71 Å². The molecule has 0 atom stereocenters. The normalized spacial score (nSPS) is 13.1. The van der Waals surface area contributed by atoms with Crippen LogP contribution in [0.4, 0.5) is 5.69 Å². The zero-order valence-electron chi connectivity index (χ0n) is 25.4. The standard InChI is InChI=1S/C42H29N5/c43-37-25-24-33-22-18-30-19-23-34(26-36(30)40(33)41(37)47-46-35-14-8-3-9-15-35)42-44-38(31-12-6-2-7-13-31)27-39(45-42)32-20-16-29(17-21-32)28-10-4-1-5-11-28/h1-27,43,46H/b43-37?,47-41+. The minimum atomic E-state index is 0.349. The van der Waals surface area contributed by atoms with E-state index in [1.165, 1.54) is 5.56 Å². The lowest BCUT2D eigenvalue weighted by molar-refractivity contribution is 1.18. The molecule has 0 bridgehead atoms. The number of benzene rings is 6. The van der Waals surface area contributed by atoms with Crippen LogP contribution in [0.25, 0.3) is 61.9 Å². The quantitative estimate of drug-likeness (QED) is 0.186. The van der Waals surface area contributed by atoms with E-state index in [1.807, 2.05) is 60.7 Å². The van der Waals surface area contributed by atoms with Gasteiger partial charge >= 0.3 is 0 Å². The van der Waals surface area contributed by atoms with Crippen molar-refractivity contribution in [3.63, 3.8) is 0 Å². The molecule has 0 aliphatic heterocycles. The summed E-state index contributed by atoms with van der Waals surface area (Å²) in [5.74, 6) is 0.635. The third-order valence-corrected chi connectivity index (χ3v) is 8.39. The number of hydrazone groups is 1. The van der Waals surface area contributed by atoms with Crippen LogP contribution in [0.2, 0.25) is 0 Å². The Kier molecular flexibility index (Phi) is 7.25. The van der Waals surface area contributed by atoms with E-state index in [9.17, 15) is 0 Å². The Morgan fingerprint density at radius 1 is 0.511 bits per heavy atom. The molecule has 1 aromatic heterocycles. The summed E-state index contributed by atoms with van der Waals surface area (Å²) in [6.45, 7) is 0. The summed E-state index contributed by atoms with van der Waals surface area (Å²) in [6, 6.07) is 51.5. The lowest BCUT2D eigenvalue weighted by atomic mass is 9.88. The number of fused-ring (bicyclic) bond motifs is 3. The van der Waals surface area contributed by atoms with Gasteiger partial charge in [-0.2, -0.15) is 5.10 Å². The molecule has 2 N–H and O–H groups in total. The first-order valence-electron chi connectivity index (χ1n) is 15.5. The van der Waals surface area contributed by atoms with Gasteiger partial charge in [0, 0.05) is 22.3 Å². The average Bonchev–Trinajstić information content (AvgIpc) is 3.15. The molecule has 47 heavy (non-hydrogen) atoms. The maximum Gasteiger partial charge on any atom is 0.160 e. The van der Waals surface area contributed by atoms with Gasteiger partial charge in [-0.15, -0.1) is 0 Å². The molecule has 0 radical (unpaired) electrons. The zero-order valence-corrected chi connectivity index (χ0v) is 25.4. The van der Waals surface area contributed by atoms with Crippen molar-refractivity contribution >= 4 is 34.0 Å². The Balaban J connectivity index is 1.26. The van der Waals surface area contributed by atoms with E-state index >= 15 is 0 Å². The highest BCUT2D eigenvalue weighted by atomic mass is 15.3. The van der Waals surface area contributed by atoms with Crippen LogP contribution in [-0.2, 0) is 0 Å². The van der Waals surface area contributed by atoms with Gasteiger partial charge in [-0.3, -0.25) is 10.8 Å². The Bertz CT molecular complexity index is 2310. The number of allylic oxidation sites excluding steroid dienone is 1. The highest BCUT2D eigenvalue weighted by Gasteiger charge is 2.21. The van der Waals surface area contributed by atoms with Crippen molar-refractivity contribution in [1.82, 2.24) is 9.97 Å². The van der Waals surface area contributed by atoms with Crippen molar-refractivity contribution in [1.29, 1.82) is 5.41 Å². The summed E-state index contributed by atoms with van der Waals surface area (Å²) >= 11 is 0. The second-order valence-corrected chi connectivity index (χ2v) is 11.4. The van der Waals surface area contributed by atoms with Crippen molar-refractivity contribution in [3.05, 3.63) is 169 Å². The molecule has 5 nitrogen and oxygen atoms in total. The first-order chi connectivity index (χ1) is 23.2. The number of hydrogen-bond acceptors (Lipinski definition) is 5. The summed E-state index contributed by atoms with van der Waals surface area (Å²) in [5, 5.41) is 15.5. The van der Waals surface area contributed by atoms with Crippen LogP contribution in [0.3, 0.4) is 0 Å². The molecule has 8 rings (SSSR count). The molecule has 0 unspecified atom stereocenters. The molecule has 0 spiro atoms. The fourth-order valence-corrected chi connectivity index (χ4v) is 5.96. The third-order valence-electron chi connectivity index (χ3n) is 8.39. The van der Waals surface area contributed by atoms with E-state index in [0.29, 0.717) is 17.2 Å². The van der Waals surface area contributed by atoms with Crippen molar-refractivity contribution < 1.29 is 0 Å². The highest BCUT2D eigenvalue weighted by Crippen LogP contribution is 2.33. The maximum absolute atomic E-state index is 8.77. The summed E-state index contributed by atoms with van der Waals surface area (Å²) < 4.78 is 0. The molecule has 0 saturated carbocycles. The largest absolute Gasteiger partial charge is 0.299 e. The number of aromatic nitrogens is 2. The van der Waals surface area contributed by atoms with Crippen molar-refractivity contribution in [2.75, 3.05) is 5.43 Å².